The number of hydrogen-bond donors (Lipinski definition) is 1. The molecule has 0 spiro atoms. The molecule has 1 amide bonds. The highest BCUT2D eigenvalue weighted by molar-refractivity contribution is 7.99. The monoisotopic (exact) mass is 329 g/mol. The molecule has 2 rings (SSSR count). The molecule has 0 aromatic rings. The Bertz CT molecular complexity index is 278. The first-order valence-corrected chi connectivity index (χ1v) is 7.61. The fourth-order valence-electron chi connectivity index (χ4n) is 2.59. The lowest BCUT2D eigenvalue weighted by atomic mass is 10.1. The largest absolute Gasteiger partial charge is 0.337 e. The second-order valence-corrected chi connectivity index (χ2v) is 6.28. The third kappa shape index (κ3) is 5.68. The molecular formula is C12H25Cl2N3OS. The summed E-state index contributed by atoms with van der Waals surface area (Å²) in [7, 11) is 2.12. The summed E-state index contributed by atoms with van der Waals surface area (Å²) in [5.41, 5.74) is 0. The van der Waals surface area contributed by atoms with Crippen LogP contribution in [0, 0.1) is 0 Å². The molecule has 19 heavy (non-hydrogen) atoms. The Labute approximate surface area is 132 Å². The summed E-state index contributed by atoms with van der Waals surface area (Å²) >= 11 is 1.95. The third-order valence-electron chi connectivity index (χ3n) is 3.57. The van der Waals surface area contributed by atoms with Crippen LogP contribution in [0.25, 0.3) is 0 Å². The molecule has 0 saturated carbocycles. The van der Waals surface area contributed by atoms with E-state index in [2.05, 4.69) is 29.1 Å². The van der Waals surface area contributed by atoms with Gasteiger partial charge in [-0.05, 0) is 14.0 Å². The molecule has 2 fully saturated rings. The van der Waals surface area contributed by atoms with Crippen LogP contribution in [0.15, 0.2) is 0 Å². The summed E-state index contributed by atoms with van der Waals surface area (Å²) < 4.78 is 0. The van der Waals surface area contributed by atoms with Gasteiger partial charge in [-0.2, -0.15) is 11.8 Å². The summed E-state index contributed by atoms with van der Waals surface area (Å²) in [5, 5.41) is 3.43. The minimum atomic E-state index is 0. The Hall–Kier alpha value is 0.320. The van der Waals surface area contributed by atoms with Gasteiger partial charge in [-0.15, -0.1) is 24.8 Å². The number of nitrogens with zero attached hydrogens (tertiary/aromatic N) is 2. The molecule has 7 heteroatoms. The van der Waals surface area contributed by atoms with E-state index in [1.165, 1.54) is 5.75 Å². The number of halogens is 2. The maximum Gasteiger partial charge on any atom is 0.224 e. The molecule has 0 aliphatic carbocycles. The summed E-state index contributed by atoms with van der Waals surface area (Å²) in [5.74, 6) is 2.58. The Balaban J connectivity index is 0.00000162. The van der Waals surface area contributed by atoms with Crippen molar-refractivity contribution < 1.29 is 4.79 Å². The van der Waals surface area contributed by atoms with E-state index >= 15 is 0 Å². The van der Waals surface area contributed by atoms with Crippen LogP contribution in [-0.2, 0) is 4.79 Å². The molecule has 2 aliphatic heterocycles. The number of rotatable bonds is 2. The van der Waals surface area contributed by atoms with Crippen molar-refractivity contribution in [3.63, 3.8) is 0 Å². The van der Waals surface area contributed by atoms with Crippen LogP contribution in [-0.4, -0.2) is 72.5 Å². The van der Waals surface area contributed by atoms with E-state index in [1.807, 2.05) is 11.8 Å². The van der Waals surface area contributed by atoms with Gasteiger partial charge in [-0.3, -0.25) is 4.79 Å². The highest BCUT2D eigenvalue weighted by atomic mass is 35.5. The van der Waals surface area contributed by atoms with Crippen LogP contribution in [0.4, 0.5) is 0 Å². The number of likely N-dealkylation sites (N-methyl/N-ethyl adjacent to an activating group) is 1. The fraction of sp³-hybridized carbons (Fsp3) is 0.917. The minimum Gasteiger partial charge on any atom is -0.337 e. The van der Waals surface area contributed by atoms with Gasteiger partial charge in [0.15, 0.2) is 0 Å². The smallest absolute Gasteiger partial charge is 0.224 e. The van der Waals surface area contributed by atoms with Crippen LogP contribution in [0.1, 0.15) is 13.3 Å². The first-order chi connectivity index (χ1) is 8.16. The van der Waals surface area contributed by atoms with Crippen molar-refractivity contribution in [1.29, 1.82) is 0 Å². The van der Waals surface area contributed by atoms with E-state index in [0.29, 0.717) is 24.4 Å². The third-order valence-corrected chi connectivity index (χ3v) is 4.70. The second kappa shape index (κ2) is 9.29. The standard InChI is InChI=1S/C12H23N3OS.2ClH/c1-10-8-14(2)4-5-15(10)12(16)7-11-9-17-6-3-13-11;;/h10-11,13H,3-9H2,1-2H3;2*1H. The highest BCUT2D eigenvalue weighted by Crippen LogP contribution is 2.14. The van der Waals surface area contributed by atoms with Crippen LogP contribution in [0.3, 0.4) is 0 Å². The molecule has 114 valence electrons. The van der Waals surface area contributed by atoms with Crippen LogP contribution in [0.5, 0.6) is 0 Å². The van der Waals surface area contributed by atoms with Crippen molar-refractivity contribution in [2.24, 2.45) is 0 Å². The van der Waals surface area contributed by atoms with E-state index < -0.39 is 0 Å². The zero-order chi connectivity index (χ0) is 12.3. The Morgan fingerprint density at radius 1 is 1.37 bits per heavy atom. The van der Waals surface area contributed by atoms with Gasteiger partial charge in [-0.25, -0.2) is 0 Å². The molecule has 1 N–H and O–H groups in total. The van der Waals surface area contributed by atoms with Crippen LogP contribution in [0.2, 0.25) is 0 Å². The van der Waals surface area contributed by atoms with Crippen LogP contribution < -0.4 is 5.32 Å². The van der Waals surface area contributed by atoms with Crippen molar-refractivity contribution in [3.05, 3.63) is 0 Å². The SMILES string of the molecule is CC1CN(C)CCN1C(=O)CC1CSCCN1.Cl.Cl. The van der Waals surface area contributed by atoms with E-state index in [0.717, 1.165) is 31.9 Å². The van der Waals surface area contributed by atoms with Gasteiger partial charge in [0, 0.05) is 56.2 Å². The molecular weight excluding hydrogens is 305 g/mol. The number of thioether (sulfide) groups is 1. The highest BCUT2D eigenvalue weighted by Gasteiger charge is 2.27. The van der Waals surface area contributed by atoms with Crippen LogP contribution >= 0.6 is 36.6 Å². The van der Waals surface area contributed by atoms with Crippen molar-refractivity contribution in [2.45, 2.75) is 25.4 Å². The van der Waals surface area contributed by atoms with Crippen molar-refractivity contribution in [3.8, 4) is 0 Å². The second-order valence-electron chi connectivity index (χ2n) is 5.13. The van der Waals surface area contributed by atoms with Crippen molar-refractivity contribution >= 4 is 42.5 Å². The maximum absolute atomic E-state index is 12.2. The summed E-state index contributed by atoms with van der Waals surface area (Å²) in [6, 6.07) is 0.741. The van der Waals surface area contributed by atoms with Gasteiger partial charge in [-0.1, -0.05) is 0 Å². The van der Waals surface area contributed by atoms with Gasteiger partial charge < -0.3 is 15.1 Å². The zero-order valence-electron chi connectivity index (χ0n) is 11.6. The van der Waals surface area contributed by atoms with E-state index in [9.17, 15) is 4.79 Å². The lowest BCUT2D eigenvalue weighted by molar-refractivity contribution is -0.135. The lowest BCUT2D eigenvalue weighted by Gasteiger charge is -2.39. The average Bonchev–Trinajstić information content (AvgIpc) is 2.30. The van der Waals surface area contributed by atoms with E-state index in [-0.39, 0.29) is 24.8 Å². The fourth-order valence-corrected chi connectivity index (χ4v) is 3.54. The number of amides is 1. The van der Waals surface area contributed by atoms with Gasteiger partial charge in [0.1, 0.15) is 0 Å². The average molecular weight is 330 g/mol. The minimum absolute atomic E-state index is 0. The molecule has 2 atom stereocenters. The summed E-state index contributed by atoms with van der Waals surface area (Å²) in [6.07, 6.45) is 0.668. The topological polar surface area (TPSA) is 35.6 Å². The predicted molar refractivity (Wildman–Crippen MR) is 86.9 cm³/mol. The number of carbonyl (C=O) groups is 1. The van der Waals surface area contributed by atoms with E-state index in [1.54, 1.807) is 0 Å². The van der Waals surface area contributed by atoms with Gasteiger partial charge in [0.2, 0.25) is 5.91 Å². The van der Waals surface area contributed by atoms with Crippen molar-refractivity contribution in [2.75, 3.05) is 44.7 Å². The number of nitrogens with one attached hydrogen (secondary N) is 1. The normalized spacial score (nSPS) is 28.2. The molecule has 0 radical (unpaired) electrons. The molecule has 0 aromatic heterocycles. The predicted octanol–water partition coefficient (Wildman–Crippen LogP) is 1.09. The molecule has 0 bridgehead atoms. The number of piperazine rings is 1. The summed E-state index contributed by atoms with van der Waals surface area (Å²) in [4.78, 5) is 16.6. The molecule has 2 unspecified atom stereocenters. The number of carbonyl (C=O) groups excluding carboxylic acids is 1. The quantitative estimate of drug-likeness (QED) is 0.822. The Morgan fingerprint density at radius 2 is 2.11 bits per heavy atom. The first-order valence-electron chi connectivity index (χ1n) is 6.46. The number of hydrogen-bond acceptors (Lipinski definition) is 4. The Kier molecular flexibility index (Phi) is 9.45. The van der Waals surface area contributed by atoms with Gasteiger partial charge in [0.05, 0.1) is 0 Å². The molecule has 4 nitrogen and oxygen atoms in total. The van der Waals surface area contributed by atoms with Gasteiger partial charge in [0.25, 0.3) is 0 Å². The lowest BCUT2D eigenvalue weighted by Crippen LogP contribution is -2.54. The molecule has 0 aromatic carbocycles. The van der Waals surface area contributed by atoms with Crippen molar-refractivity contribution in [1.82, 2.24) is 15.1 Å². The first kappa shape index (κ1) is 19.3. The Morgan fingerprint density at radius 3 is 2.68 bits per heavy atom. The molecule has 2 heterocycles. The molecule has 2 aliphatic rings. The maximum atomic E-state index is 12.2. The van der Waals surface area contributed by atoms with E-state index in [4.69, 9.17) is 0 Å². The molecule has 2 saturated heterocycles. The zero-order valence-corrected chi connectivity index (χ0v) is 14.1. The summed E-state index contributed by atoms with van der Waals surface area (Å²) in [6.45, 7) is 6.08. The van der Waals surface area contributed by atoms with Gasteiger partial charge >= 0.3 is 0 Å².